The molecule has 0 radical (unpaired) electrons. The number of hydrogen-bond acceptors (Lipinski definition) is 7. The Kier molecular flexibility index (Phi) is 5.13. The molecule has 2 spiro atoms. The van der Waals surface area contributed by atoms with Gasteiger partial charge in [-0.15, -0.1) is 0 Å². The van der Waals surface area contributed by atoms with E-state index in [-0.39, 0.29) is 47.8 Å². The van der Waals surface area contributed by atoms with Crippen molar-refractivity contribution in [2.75, 3.05) is 0 Å². The van der Waals surface area contributed by atoms with Crippen LogP contribution in [0.15, 0.2) is 0 Å². The molecule has 7 heterocycles. The fraction of sp³-hybridized carbons (Fsp3) is 1.00. The average Bonchev–Trinajstić information content (AvgIpc) is 3.54. The first-order chi connectivity index (χ1) is 16.8. The molecule has 7 fully saturated rings. The molecule has 7 nitrogen and oxygen atoms in total. The molecule has 11 atom stereocenters. The van der Waals surface area contributed by atoms with Crippen molar-refractivity contribution in [3.05, 3.63) is 0 Å². The normalized spacial score (nSPS) is 58.9. The number of hydrogen-bond donors (Lipinski definition) is 0. The minimum absolute atomic E-state index is 0.0203. The van der Waals surface area contributed by atoms with E-state index >= 15 is 0 Å². The smallest absolute Gasteiger partial charge is 0.198 e. The SMILES string of the molecule is C[C@H]1CC[C@@]2(OC3C[C@@H]([C@@H]4CC[C@@]5(O4)OC(C)(C)[C@@H]4CC[C@@]5(C)O4)OC31)OC(C)(C)[C@@H]1CC[C@@]2(C)O1. The first kappa shape index (κ1) is 24.7. The Bertz CT molecular complexity index is 921. The standard InChI is InChI=1S/C29H46O7/c1-17-8-14-28(26(6)12-10-21(33-26)24(2,3)35-28)32-20-16-19(30-23(17)20)18-9-15-29(31-18)27(7)13-11-22(34-27)25(4,5)36-29/h17-23H,8-16H2,1-7H3/t17-,18-,19-,20?,21-,22-,23?,26+,27+,28+,29+/m0/s1. The lowest BCUT2D eigenvalue weighted by Gasteiger charge is -2.54. The van der Waals surface area contributed by atoms with Crippen LogP contribution in [-0.4, -0.2) is 70.6 Å². The van der Waals surface area contributed by atoms with Crippen LogP contribution in [0.1, 0.15) is 106 Å². The molecule has 0 aliphatic carbocycles. The maximum absolute atomic E-state index is 7.05. The molecule has 7 heteroatoms. The van der Waals surface area contributed by atoms with Gasteiger partial charge in [-0.05, 0) is 86.0 Å². The van der Waals surface area contributed by atoms with E-state index in [0.29, 0.717) is 5.92 Å². The lowest BCUT2D eigenvalue weighted by Crippen LogP contribution is -2.65. The second-order valence-corrected chi connectivity index (χ2v) is 14.4. The summed E-state index contributed by atoms with van der Waals surface area (Å²) in [4.78, 5) is 0. The van der Waals surface area contributed by atoms with Crippen molar-refractivity contribution in [3.63, 3.8) is 0 Å². The van der Waals surface area contributed by atoms with Crippen LogP contribution in [0.3, 0.4) is 0 Å². The van der Waals surface area contributed by atoms with Gasteiger partial charge in [0.2, 0.25) is 0 Å². The predicted octanol–water partition coefficient (Wildman–Crippen LogP) is 5.02. The molecule has 0 saturated carbocycles. The Morgan fingerprint density at radius 1 is 0.556 bits per heavy atom. The summed E-state index contributed by atoms with van der Waals surface area (Å²) in [6.45, 7) is 15.3. The number of rotatable bonds is 1. The molecule has 0 N–H and O–H groups in total. The fourth-order valence-corrected chi connectivity index (χ4v) is 8.75. The van der Waals surface area contributed by atoms with Crippen LogP contribution in [-0.2, 0) is 33.2 Å². The third-order valence-electron chi connectivity index (χ3n) is 11.1. The molecule has 7 aliphatic rings. The highest BCUT2D eigenvalue weighted by molar-refractivity contribution is 5.12. The highest BCUT2D eigenvalue weighted by atomic mass is 16.8. The molecule has 7 saturated heterocycles. The van der Waals surface area contributed by atoms with Crippen LogP contribution in [0.4, 0.5) is 0 Å². The lowest BCUT2D eigenvalue weighted by molar-refractivity contribution is -0.411. The molecular formula is C29H46O7. The zero-order valence-electron chi connectivity index (χ0n) is 23.3. The van der Waals surface area contributed by atoms with Crippen LogP contribution < -0.4 is 0 Å². The van der Waals surface area contributed by atoms with Crippen molar-refractivity contribution in [3.8, 4) is 0 Å². The van der Waals surface area contributed by atoms with E-state index < -0.39 is 22.8 Å². The van der Waals surface area contributed by atoms with E-state index in [2.05, 4.69) is 48.5 Å². The molecule has 4 bridgehead atoms. The summed E-state index contributed by atoms with van der Waals surface area (Å²) in [6.07, 6.45) is 8.60. The molecular weight excluding hydrogens is 460 g/mol. The molecule has 0 amide bonds. The molecule has 0 aromatic carbocycles. The van der Waals surface area contributed by atoms with Crippen LogP contribution in [0, 0.1) is 5.92 Å². The molecule has 7 rings (SSSR count). The third kappa shape index (κ3) is 3.23. The van der Waals surface area contributed by atoms with Gasteiger partial charge in [0.25, 0.3) is 0 Å². The Morgan fingerprint density at radius 3 is 1.67 bits per heavy atom. The Labute approximate surface area is 216 Å². The van der Waals surface area contributed by atoms with Crippen molar-refractivity contribution in [2.24, 2.45) is 5.92 Å². The first-order valence-electron chi connectivity index (χ1n) is 14.6. The molecule has 0 aromatic heterocycles. The summed E-state index contributed by atoms with van der Waals surface area (Å²) >= 11 is 0. The van der Waals surface area contributed by atoms with Gasteiger partial charge >= 0.3 is 0 Å². The molecule has 0 aromatic rings. The van der Waals surface area contributed by atoms with E-state index in [1.807, 2.05) is 0 Å². The Hall–Kier alpha value is -0.280. The third-order valence-corrected chi connectivity index (χ3v) is 11.1. The van der Waals surface area contributed by atoms with Crippen LogP contribution in [0.5, 0.6) is 0 Å². The summed E-state index contributed by atoms with van der Waals surface area (Å²) in [5, 5.41) is 0. The van der Waals surface area contributed by atoms with Gasteiger partial charge in [0.05, 0.1) is 47.8 Å². The summed E-state index contributed by atoms with van der Waals surface area (Å²) in [5.74, 6) is -1.05. The van der Waals surface area contributed by atoms with Crippen molar-refractivity contribution in [1.29, 1.82) is 0 Å². The van der Waals surface area contributed by atoms with Gasteiger partial charge in [-0.1, -0.05) is 6.92 Å². The van der Waals surface area contributed by atoms with E-state index in [1.165, 1.54) is 0 Å². The quantitative estimate of drug-likeness (QED) is 0.495. The zero-order valence-corrected chi connectivity index (χ0v) is 23.3. The monoisotopic (exact) mass is 506 g/mol. The maximum Gasteiger partial charge on any atom is 0.198 e. The summed E-state index contributed by atoms with van der Waals surface area (Å²) < 4.78 is 47.6. The second-order valence-electron chi connectivity index (χ2n) is 14.4. The van der Waals surface area contributed by atoms with Gasteiger partial charge in [0, 0.05) is 19.3 Å². The molecule has 204 valence electrons. The second kappa shape index (κ2) is 7.47. The van der Waals surface area contributed by atoms with Gasteiger partial charge in [-0.25, -0.2) is 0 Å². The van der Waals surface area contributed by atoms with Crippen molar-refractivity contribution < 1.29 is 33.2 Å². The Morgan fingerprint density at radius 2 is 1.08 bits per heavy atom. The summed E-state index contributed by atoms with van der Waals surface area (Å²) in [7, 11) is 0. The predicted molar refractivity (Wildman–Crippen MR) is 131 cm³/mol. The summed E-state index contributed by atoms with van der Waals surface area (Å²) in [5.41, 5.74) is -1.53. The highest BCUT2D eigenvalue weighted by Crippen LogP contribution is 2.59. The van der Waals surface area contributed by atoms with Gasteiger partial charge in [-0.3, -0.25) is 0 Å². The Balaban J connectivity index is 1.12. The lowest BCUT2D eigenvalue weighted by atomic mass is 9.86. The molecule has 36 heavy (non-hydrogen) atoms. The van der Waals surface area contributed by atoms with Crippen LogP contribution in [0.2, 0.25) is 0 Å². The van der Waals surface area contributed by atoms with E-state index in [1.54, 1.807) is 0 Å². The van der Waals surface area contributed by atoms with Crippen molar-refractivity contribution in [1.82, 2.24) is 0 Å². The number of ether oxygens (including phenoxy) is 7. The number of fused-ring (bicyclic) bond motifs is 7. The van der Waals surface area contributed by atoms with E-state index in [9.17, 15) is 0 Å². The highest BCUT2D eigenvalue weighted by Gasteiger charge is 2.69. The van der Waals surface area contributed by atoms with Crippen molar-refractivity contribution in [2.45, 2.75) is 177 Å². The average molecular weight is 507 g/mol. The topological polar surface area (TPSA) is 64.6 Å². The zero-order chi connectivity index (χ0) is 25.4. The largest absolute Gasteiger partial charge is 0.369 e. The maximum atomic E-state index is 7.05. The van der Waals surface area contributed by atoms with Gasteiger partial charge in [-0.2, -0.15) is 0 Å². The van der Waals surface area contributed by atoms with Crippen molar-refractivity contribution >= 4 is 0 Å². The van der Waals surface area contributed by atoms with Crippen LogP contribution >= 0.6 is 0 Å². The van der Waals surface area contributed by atoms with Crippen LogP contribution in [0.25, 0.3) is 0 Å². The van der Waals surface area contributed by atoms with E-state index in [4.69, 9.17) is 33.2 Å². The minimum atomic E-state index is -0.732. The van der Waals surface area contributed by atoms with Gasteiger partial charge in [0.15, 0.2) is 11.6 Å². The fourth-order valence-electron chi connectivity index (χ4n) is 8.75. The van der Waals surface area contributed by atoms with Gasteiger partial charge < -0.3 is 33.2 Å². The molecule has 2 unspecified atom stereocenters. The van der Waals surface area contributed by atoms with E-state index in [0.717, 1.165) is 57.8 Å². The van der Waals surface area contributed by atoms with Gasteiger partial charge in [0.1, 0.15) is 11.2 Å². The molecule has 7 aliphatic heterocycles. The first-order valence-corrected chi connectivity index (χ1v) is 14.6. The minimum Gasteiger partial charge on any atom is -0.369 e. The summed E-state index contributed by atoms with van der Waals surface area (Å²) in [6, 6.07) is 0.